The molecule has 148 valence electrons. The molecule has 0 radical (unpaired) electrons. The molecule has 0 saturated heterocycles. The number of fused-ring (bicyclic) bond motifs is 3. The lowest BCUT2D eigenvalue weighted by Gasteiger charge is -2.00. The van der Waals surface area contributed by atoms with Crippen LogP contribution < -0.4 is 0 Å². The van der Waals surface area contributed by atoms with Crippen LogP contribution in [0.1, 0.15) is 25.6 Å². The summed E-state index contributed by atoms with van der Waals surface area (Å²) in [6, 6.07) is 20.4. The average molecular weight is 442 g/mol. The Hall–Kier alpha value is -3.54. The molecule has 2 aromatic heterocycles. The highest BCUT2D eigenvalue weighted by Gasteiger charge is 2.33. The van der Waals surface area contributed by atoms with Gasteiger partial charge < -0.3 is 4.42 Å². The molecule has 6 heteroatoms. The number of hydrogen-bond acceptors (Lipinski definition) is 5. The zero-order chi connectivity index (χ0) is 21.1. The minimum atomic E-state index is -0.245. The predicted molar refractivity (Wildman–Crippen MR) is 123 cm³/mol. The number of thiophene rings is 1. The molecule has 0 N–H and O–H groups in total. The molecule has 1 aliphatic rings. The Morgan fingerprint density at radius 2 is 1.52 bits per heavy atom. The van der Waals surface area contributed by atoms with Crippen LogP contribution in [0.4, 0.5) is 0 Å². The third-order valence-electron chi connectivity index (χ3n) is 5.35. The van der Waals surface area contributed by atoms with Crippen molar-refractivity contribution in [3.8, 4) is 11.5 Å². The zero-order valence-corrected chi connectivity index (χ0v) is 17.5. The van der Waals surface area contributed by atoms with Crippen LogP contribution in [0.3, 0.4) is 0 Å². The average Bonchev–Trinajstić information content (AvgIpc) is 3.40. The highest BCUT2D eigenvalue weighted by molar-refractivity contribution is 7.19. The van der Waals surface area contributed by atoms with Gasteiger partial charge in [-0.05, 0) is 53.2 Å². The van der Waals surface area contributed by atoms with Gasteiger partial charge in [0.05, 0.1) is 5.57 Å². The van der Waals surface area contributed by atoms with Gasteiger partial charge in [0.15, 0.2) is 22.0 Å². The maximum absolute atomic E-state index is 12.9. The number of allylic oxidation sites excluding steroid dienone is 1. The Labute approximate surface area is 185 Å². The summed E-state index contributed by atoms with van der Waals surface area (Å²) in [7, 11) is 0. The Bertz CT molecular complexity index is 1490. The van der Waals surface area contributed by atoms with Crippen molar-refractivity contribution < 1.29 is 14.0 Å². The summed E-state index contributed by atoms with van der Waals surface area (Å²) < 4.78 is 5.86. The molecule has 5 aromatic rings. The molecule has 1 aliphatic carbocycles. The number of carbonyl (C=O) groups is 2. The highest BCUT2D eigenvalue weighted by Crippen LogP contribution is 2.35. The van der Waals surface area contributed by atoms with E-state index in [-0.39, 0.29) is 17.1 Å². The van der Waals surface area contributed by atoms with Gasteiger partial charge >= 0.3 is 0 Å². The van der Waals surface area contributed by atoms with Crippen molar-refractivity contribution in [3.05, 3.63) is 93.3 Å². The molecule has 31 heavy (non-hydrogen) atoms. The maximum atomic E-state index is 12.9. The van der Waals surface area contributed by atoms with E-state index in [1.165, 1.54) is 11.3 Å². The molecule has 0 amide bonds. The van der Waals surface area contributed by atoms with Crippen molar-refractivity contribution >= 4 is 61.8 Å². The van der Waals surface area contributed by atoms with Crippen LogP contribution in [0.5, 0.6) is 0 Å². The first-order valence-electron chi connectivity index (χ1n) is 9.57. The molecule has 3 aromatic carbocycles. The van der Waals surface area contributed by atoms with Gasteiger partial charge in [0.1, 0.15) is 0 Å². The number of ketones is 2. The first kappa shape index (κ1) is 18.2. The van der Waals surface area contributed by atoms with Crippen molar-refractivity contribution in [2.24, 2.45) is 0 Å². The predicted octanol–water partition coefficient (Wildman–Crippen LogP) is 6.83. The summed E-state index contributed by atoms with van der Waals surface area (Å²) in [5.74, 6) is 0.0143. The van der Waals surface area contributed by atoms with Gasteiger partial charge in [0, 0.05) is 32.7 Å². The lowest BCUT2D eigenvalue weighted by molar-refractivity contribution is 0.0990. The van der Waals surface area contributed by atoms with Crippen molar-refractivity contribution in [3.63, 3.8) is 0 Å². The van der Waals surface area contributed by atoms with Gasteiger partial charge in [0.2, 0.25) is 5.89 Å². The van der Waals surface area contributed by atoms with E-state index in [4.69, 9.17) is 16.0 Å². The third-order valence-corrected chi connectivity index (χ3v) is 6.56. The second-order valence-corrected chi connectivity index (χ2v) is 8.80. The number of nitrogens with zero attached hydrogens (tertiary/aromatic N) is 1. The van der Waals surface area contributed by atoms with E-state index in [1.54, 1.807) is 36.4 Å². The van der Waals surface area contributed by atoms with Crippen LogP contribution in [0.2, 0.25) is 5.02 Å². The number of Topliss-reactive ketones (excluding diaryl/α,β-unsaturated/α-hetero) is 2. The Balaban J connectivity index is 1.38. The monoisotopic (exact) mass is 441 g/mol. The molecule has 0 fully saturated rings. The second-order valence-electron chi connectivity index (χ2n) is 7.31. The first-order chi connectivity index (χ1) is 15.1. The molecule has 0 bridgehead atoms. The summed E-state index contributed by atoms with van der Waals surface area (Å²) in [4.78, 5) is 31.9. The highest BCUT2D eigenvalue weighted by atomic mass is 35.5. The van der Waals surface area contributed by atoms with Gasteiger partial charge in [0.25, 0.3) is 0 Å². The van der Waals surface area contributed by atoms with E-state index >= 15 is 0 Å². The van der Waals surface area contributed by atoms with Crippen LogP contribution in [0, 0.1) is 0 Å². The van der Waals surface area contributed by atoms with E-state index in [0.29, 0.717) is 32.5 Å². The van der Waals surface area contributed by atoms with Crippen molar-refractivity contribution in [1.82, 2.24) is 4.98 Å². The van der Waals surface area contributed by atoms with E-state index < -0.39 is 0 Å². The van der Waals surface area contributed by atoms with Gasteiger partial charge in [-0.15, -0.1) is 11.3 Å². The third kappa shape index (κ3) is 2.93. The van der Waals surface area contributed by atoms with E-state index in [9.17, 15) is 9.59 Å². The van der Waals surface area contributed by atoms with Crippen molar-refractivity contribution in [2.45, 2.75) is 0 Å². The van der Waals surface area contributed by atoms with Crippen LogP contribution in [0.25, 0.3) is 38.7 Å². The topological polar surface area (TPSA) is 60.2 Å². The number of carbonyl (C=O) groups excluding carboxylic acids is 2. The van der Waals surface area contributed by atoms with E-state index in [1.807, 2.05) is 36.4 Å². The number of halogens is 1. The summed E-state index contributed by atoms with van der Waals surface area (Å²) >= 11 is 7.31. The fraction of sp³-hybridized carbons (Fsp3) is 0. The van der Waals surface area contributed by atoms with Crippen LogP contribution in [-0.4, -0.2) is 16.6 Å². The molecule has 4 nitrogen and oxygen atoms in total. The van der Waals surface area contributed by atoms with Crippen LogP contribution in [0.15, 0.2) is 76.7 Å². The van der Waals surface area contributed by atoms with Crippen molar-refractivity contribution in [2.75, 3.05) is 0 Å². The lowest BCUT2D eigenvalue weighted by atomic mass is 10.0. The normalized spacial score (nSPS) is 13.4. The first-order valence-corrected chi connectivity index (χ1v) is 10.8. The minimum Gasteiger partial charge on any atom is -0.435 e. The molecule has 0 unspecified atom stereocenters. The molecular weight excluding hydrogens is 430 g/mol. The fourth-order valence-corrected chi connectivity index (χ4v) is 4.84. The quantitative estimate of drug-likeness (QED) is 0.222. The molecule has 6 rings (SSSR count). The molecule has 2 heterocycles. The molecular formula is C25H12ClNO3S. The molecule has 0 atom stereocenters. The maximum Gasteiger partial charge on any atom is 0.228 e. The summed E-state index contributed by atoms with van der Waals surface area (Å²) in [6.45, 7) is 0. The summed E-state index contributed by atoms with van der Waals surface area (Å²) in [6.07, 6.45) is 1.64. The lowest BCUT2D eigenvalue weighted by Crippen LogP contribution is -1.99. The number of benzene rings is 3. The van der Waals surface area contributed by atoms with Crippen LogP contribution >= 0.6 is 22.9 Å². The van der Waals surface area contributed by atoms with E-state index in [2.05, 4.69) is 4.98 Å². The van der Waals surface area contributed by atoms with Gasteiger partial charge in [-0.25, -0.2) is 0 Å². The zero-order valence-electron chi connectivity index (χ0n) is 15.9. The Morgan fingerprint density at radius 3 is 2.13 bits per heavy atom. The second kappa shape index (κ2) is 6.74. The van der Waals surface area contributed by atoms with Crippen molar-refractivity contribution in [1.29, 1.82) is 0 Å². The SMILES string of the molecule is O=C1C(=Cc2cc3oc(-c4ccc(Cl)cc4)nc3s2)C(=O)c2cc3ccccc3cc21. The fourth-order valence-electron chi connectivity index (χ4n) is 3.82. The number of hydrogen-bond donors (Lipinski definition) is 0. The number of aromatic nitrogens is 1. The molecule has 0 spiro atoms. The van der Waals surface area contributed by atoms with Gasteiger partial charge in [-0.3, -0.25) is 9.59 Å². The van der Waals surface area contributed by atoms with E-state index in [0.717, 1.165) is 21.2 Å². The largest absolute Gasteiger partial charge is 0.435 e. The smallest absolute Gasteiger partial charge is 0.228 e. The number of rotatable bonds is 2. The summed E-state index contributed by atoms with van der Waals surface area (Å²) in [5.41, 5.74) is 2.53. The Morgan fingerprint density at radius 1 is 0.871 bits per heavy atom. The van der Waals surface area contributed by atoms with Gasteiger partial charge in [-0.1, -0.05) is 35.9 Å². The minimum absolute atomic E-state index is 0.173. The van der Waals surface area contributed by atoms with Crippen LogP contribution in [-0.2, 0) is 0 Å². The molecule has 0 aliphatic heterocycles. The number of oxazole rings is 1. The standard InChI is InChI=1S/C25H12ClNO3S/c26-16-7-5-13(6-8-16)24-27-25-21(30-24)12-17(31-25)11-20-22(28)18-9-14-3-1-2-4-15(14)10-19(18)23(20)29/h1-12H. The Kier molecular flexibility index (Phi) is 3.96. The van der Waals surface area contributed by atoms with Gasteiger partial charge in [-0.2, -0.15) is 4.98 Å². The summed E-state index contributed by atoms with van der Waals surface area (Å²) in [5, 5.41) is 2.53. The molecule has 0 saturated carbocycles.